The Labute approximate surface area is 115 Å². The van der Waals surface area contributed by atoms with E-state index in [1.807, 2.05) is 6.92 Å². The van der Waals surface area contributed by atoms with E-state index >= 15 is 0 Å². The van der Waals surface area contributed by atoms with Gasteiger partial charge in [-0.15, -0.1) is 0 Å². The summed E-state index contributed by atoms with van der Waals surface area (Å²) in [6.07, 6.45) is 1.63. The van der Waals surface area contributed by atoms with Crippen LogP contribution in [0.1, 0.15) is 18.5 Å². The summed E-state index contributed by atoms with van der Waals surface area (Å²) in [6, 6.07) is 8.42. The molecule has 1 N–H and O–H groups in total. The Balaban J connectivity index is 2.34. The van der Waals surface area contributed by atoms with E-state index in [1.54, 1.807) is 18.3 Å². The molecule has 5 heteroatoms. The SMILES string of the molecule is CCNC(Cn1ccccc1=O)c1cccc(F)c1F. The van der Waals surface area contributed by atoms with Crippen LogP contribution in [0.5, 0.6) is 0 Å². The van der Waals surface area contributed by atoms with E-state index in [0.29, 0.717) is 6.54 Å². The maximum absolute atomic E-state index is 13.9. The molecule has 0 spiro atoms. The van der Waals surface area contributed by atoms with Gasteiger partial charge in [-0.3, -0.25) is 4.79 Å². The van der Waals surface area contributed by atoms with Crippen LogP contribution >= 0.6 is 0 Å². The molecule has 0 saturated carbocycles. The minimum Gasteiger partial charge on any atom is -0.314 e. The molecule has 1 heterocycles. The summed E-state index contributed by atoms with van der Waals surface area (Å²) >= 11 is 0. The number of hydrogen-bond acceptors (Lipinski definition) is 2. The molecule has 20 heavy (non-hydrogen) atoms. The topological polar surface area (TPSA) is 34.0 Å². The molecule has 1 unspecified atom stereocenters. The standard InChI is InChI=1S/C15H16F2N2O/c1-2-18-13(10-19-9-4-3-8-14(19)20)11-6-5-7-12(16)15(11)17/h3-9,13,18H,2,10H2,1H3. The van der Waals surface area contributed by atoms with E-state index in [-0.39, 0.29) is 17.7 Å². The van der Waals surface area contributed by atoms with Crippen LogP contribution in [-0.4, -0.2) is 11.1 Å². The van der Waals surface area contributed by atoms with Gasteiger partial charge >= 0.3 is 0 Å². The van der Waals surface area contributed by atoms with Gasteiger partial charge in [0, 0.05) is 24.4 Å². The number of halogens is 2. The van der Waals surface area contributed by atoms with Crippen LogP contribution in [0.25, 0.3) is 0 Å². The number of benzene rings is 1. The van der Waals surface area contributed by atoms with E-state index < -0.39 is 17.7 Å². The number of likely N-dealkylation sites (N-methyl/N-ethyl adjacent to an activating group) is 1. The van der Waals surface area contributed by atoms with E-state index in [2.05, 4.69) is 5.32 Å². The van der Waals surface area contributed by atoms with Crippen molar-refractivity contribution in [3.05, 3.63) is 70.1 Å². The van der Waals surface area contributed by atoms with Gasteiger partial charge in [0.2, 0.25) is 0 Å². The molecule has 0 amide bonds. The highest BCUT2D eigenvalue weighted by Crippen LogP contribution is 2.20. The largest absolute Gasteiger partial charge is 0.314 e. The number of hydrogen-bond donors (Lipinski definition) is 1. The highest BCUT2D eigenvalue weighted by molar-refractivity contribution is 5.22. The van der Waals surface area contributed by atoms with Crippen molar-refractivity contribution < 1.29 is 8.78 Å². The first-order valence-electron chi connectivity index (χ1n) is 6.46. The van der Waals surface area contributed by atoms with Gasteiger partial charge in [-0.1, -0.05) is 25.1 Å². The smallest absolute Gasteiger partial charge is 0.250 e. The van der Waals surface area contributed by atoms with Crippen molar-refractivity contribution >= 4 is 0 Å². The lowest BCUT2D eigenvalue weighted by Crippen LogP contribution is -2.30. The Kier molecular flexibility index (Phi) is 4.63. The highest BCUT2D eigenvalue weighted by atomic mass is 19.2. The van der Waals surface area contributed by atoms with Gasteiger partial charge in [-0.05, 0) is 18.7 Å². The first kappa shape index (κ1) is 14.4. The lowest BCUT2D eigenvalue weighted by molar-refractivity contribution is 0.428. The molecule has 0 saturated heterocycles. The van der Waals surface area contributed by atoms with Gasteiger partial charge in [0.25, 0.3) is 5.56 Å². The van der Waals surface area contributed by atoms with Gasteiger partial charge in [0.1, 0.15) is 0 Å². The molecule has 0 fully saturated rings. The summed E-state index contributed by atoms with van der Waals surface area (Å²) in [6.45, 7) is 2.70. The molecule has 0 aliphatic heterocycles. The molecule has 0 aliphatic rings. The third kappa shape index (κ3) is 3.11. The van der Waals surface area contributed by atoms with Crippen LogP contribution in [-0.2, 0) is 6.54 Å². The molecule has 0 radical (unpaired) electrons. The molecule has 1 atom stereocenters. The van der Waals surface area contributed by atoms with E-state index in [0.717, 1.165) is 6.07 Å². The summed E-state index contributed by atoms with van der Waals surface area (Å²) in [4.78, 5) is 11.7. The fourth-order valence-electron chi connectivity index (χ4n) is 2.12. The predicted octanol–water partition coefficient (Wildman–Crippen LogP) is 2.48. The normalized spacial score (nSPS) is 12.3. The van der Waals surface area contributed by atoms with Gasteiger partial charge in [0.15, 0.2) is 11.6 Å². The maximum atomic E-state index is 13.9. The summed E-state index contributed by atoms with van der Waals surface area (Å²) < 4.78 is 28.7. The van der Waals surface area contributed by atoms with Crippen molar-refractivity contribution in [1.29, 1.82) is 0 Å². The summed E-state index contributed by atoms with van der Waals surface area (Å²) in [5.41, 5.74) is 0.0508. The van der Waals surface area contributed by atoms with Crippen LogP contribution in [0.15, 0.2) is 47.4 Å². The van der Waals surface area contributed by atoms with E-state index in [9.17, 15) is 13.6 Å². The van der Waals surface area contributed by atoms with Crippen LogP contribution in [0.3, 0.4) is 0 Å². The fraction of sp³-hybridized carbons (Fsp3) is 0.267. The lowest BCUT2D eigenvalue weighted by atomic mass is 10.1. The minimum absolute atomic E-state index is 0.174. The summed E-state index contributed by atoms with van der Waals surface area (Å²) in [5, 5.41) is 3.08. The highest BCUT2D eigenvalue weighted by Gasteiger charge is 2.18. The monoisotopic (exact) mass is 278 g/mol. The lowest BCUT2D eigenvalue weighted by Gasteiger charge is -2.20. The maximum Gasteiger partial charge on any atom is 0.250 e. The van der Waals surface area contributed by atoms with Gasteiger partial charge < -0.3 is 9.88 Å². The van der Waals surface area contributed by atoms with Gasteiger partial charge in [-0.2, -0.15) is 0 Å². The van der Waals surface area contributed by atoms with Gasteiger partial charge in [-0.25, -0.2) is 8.78 Å². The molecule has 1 aromatic carbocycles. The average molecular weight is 278 g/mol. The number of nitrogens with zero attached hydrogens (tertiary/aromatic N) is 1. The molecule has 106 valence electrons. The second-order valence-electron chi connectivity index (χ2n) is 4.44. The van der Waals surface area contributed by atoms with Crippen molar-refractivity contribution in [1.82, 2.24) is 9.88 Å². The molecular weight excluding hydrogens is 262 g/mol. The molecule has 1 aromatic heterocycles. The number of rotatable bonds is 5. The third-order valence-corrected chi connectivity index (χ3v) is 3.09. The van der Waals surface area contributed by atoms with Crippen molar-refractivity contribution in [2.75, 3.05) is 6.54 Å². The van der Waals surface area contributed by atoms with Crippen LogP contribution < -0.4 is 10.9 Å². The Hall–Kier alpha value is -2.01. The minimum atomic E-state index is -0.884. The first-order valence-corrected chi connectivity index (χ1v) is 6.46. The average Bonchev–Trinajstić information content (AvgIpc) is 2.44. The second-order valence-corrected chi connectivity index (χ2v) is 4.44. The van der Waals surface area contributed by atoms with Crippen molar-refractivity contribution in [3.8, 4) is 0 Å². The summed E-state index contributed by atoms with van der Waals surface area (Å²) in [7, 11) is 0. The number of aromatic nitrogens is 1. The Morgan fingerprint density at radius 3 is 2.70 bits per heavy atom. The van der Waals surface area contributed by atoms with Crippen molar-refractivity contribution in [3.63, 3.8) is 0 Å². The Bertz CT molecular complexity index is 640. The molecule has 2 rings (SSSR count). The quantitative estimate of drug-likeness (QED) is 0.911. The predicted molar refractivity (Wildman–Crippen MR) is 73.5 cm³/mol. The summed E-state index contributed by atoms with van der Waals surface area (Å²) in [5.74, 6) is -1.76. The zero-order valence-corrected chi connectivity index (χ0v) is 11.1. The molecular formula is C15H16F2N2O. The third-order valence-electron chi connectivity index (χ3n) is 3.09. The molecule has 2 aromatic rings. The van der Waals surface area contributed by atoms with E-state index in [1.165, 1.54) is 22.8 Å². The number of pyridine rings is 1. The van der Waals surface area contributed by atoms with Crippen molar-refractivity contribution in [2.24, 2.45) is 0 Å². The first-order chi connectivity index (χ1) is 9.63. The zero-order chi connectivity index (χ0) is 14.5. The number of nitrogens with one attached hydrogen (secondary N) is 1. The zero-order valence-electron chi connectivity index (χ0n) is 11.1. The van der Waals surface area contributed by atoms with Crippen LogP contribution in [0.2, 0.25) is 0 Å². The molecule has 3 nitrogen and oxygen atoms in total. The Morgan fingerprint density at radius 2 is 2.00 bits per heavy atom. The molecule has 0 bridgehead atoms. The Morgan fingerprint density at radius 1 is 1.20 bits per heavy atom. The van der Waals surface area contributed by atoms with E-state index in [4.69, 9.17) is 0 Å². The van der Waals surface area contributed by atoms with Crippen LogP contribution in [0.4, 0.5) is 8.78 Å². The fourth-order valence-corrected chi connectivity index (χ4v) is 2.12. The van der Waals surface area contributed by atoms with Crippen LogP contribution in [0, 0.1) is 11.6 Å². The second kappa shape index (κ2) is 6.43. The molecule has 0 aliphatic carbocycles. The van der Waals surface area contributed by atoms with Crippen molar-refractivity contribution in [2.45, 2.75) is 19.5 Å². The van der Waals surface area contributed by atoms with Gasteiger partial charge in [0.05, 0.1) is 6.04 Å².